The van der Waals surface area contributed by atoms with Gasteiger partial charge in [-0.2, -0.15) is 0 Å². The summed E-state index contributed by atoms with van der Waals surface area (Å²) < 4.78 is 6.21. The molecule has 1 heterocycles. The zero-order chi connectivity index (χ0) is 13.4. The van der Waals surface area contributed by atoms with Gasteiger partial charge in [0.15, 0.2) is 5.58 Å². The Morgan fingerprint density at radius 1 is 1.11 bits per heavy atom. The van der Waals surface area contributed by atoms with E-state index in [2.05, 4.69) is 27.6 Å². The molecule has 2 aromatic carbocycles. The average molecular weight is 386 g/mol. The largest absolute Gasteiger partial charge is 0.417 e. The van der Waals surface area contributed by atoms with Crippen LogP contribution < -0.4 is 5.76 Å². The molecular formula is C14H9ClINO2. The average Bonchev–Trinajstić information content (AvgIpc) is 2.77. The Balaban J connectivity index is 2.03. The van der Waals surface area contributed by atoms with Crippen LogP contribution in [-0.2, 0) is 0 Å². The normalized spacial score (nSPS) is 12.7. The highest BCUT2D eigenvalue weighted by Gasteiger charge is 2.12. The Labute approximate surface area is 127 Å². The van der Waals surface area contributed by atoms with Gasteiger partial charge >= 0.3 is 5.76 Å². The fourth-order valence-electron chi connectivity index (χ4n) is 1.94. The summed E-state index contributed by atoms with van der Waals surface area (Å²) in [4.78, 5) is 13.7. The fourth-order valence-corrected chi connectivity index (χ4v) is 2.58. The Morgan fingerprint density at radius 2 is 1.79 bits per heavy atom. The molecule has 3 nitrogen and oxygen atoms in total. The number of aromatic amines is 1. The lowest BCUT2D eigenvalue weighted by atomic mass is 10.0. The maximum absolute atomic E-state index is 11.1. The van der Waals surface area contributed by atoms with Crippen molar-refractivity contribution in [2.45, 2.75) is 5.38 Å². The number of nitrogens with one attached hydrogen (secondary N) is 1. The highest BCUT2D eigenvalue weighted by Crippen LogP contribution is 2.30. The van der Waals surface area contributed by atoms with Gasteiger partial charge in [0.05, 0.1) is 10.9 Å². The number of benzene rings is 2. The molecule has 1 atom stereocenters. The number of hydrogen-bond donors (Lipinski definition) is 1. The summed E-state index contributed by atoms with van der Waals surface area (Å²) in [7, 11) is 0. The molecule has 0 saturated carbocycles. The van der Waals surface area contributed by atoms with Crippen molar-refractivity contribution in [3.8, 4) is 0 Å². The molecule has 0 amide bonds. The van der Waals surface area contributed by atoms with Crippen LogP contribution in [0.15, 0.2) is 51.7 Å². The van der Waals surface area contributed by atoms with Crippen LogP contribution in [-0.4, -0.2) is 4.98 Å². The molecule has 3 aromatic rings. The number of alkyl halides is 1. The zero-order valence-electron chi connectivity index (χ0n) is 9.69. The van der Waals surface area contributed by atoms with E-state index < -0.39 is 5.76 Å². The molecule has 0 fully saturated rings. The Kier molecular flexibility index (Phi) is 3.36. The van der Waals surface area contributed by atoms with E-state index in [1.54, 1.807) is 12.1 Å². The second kappa shape index (κ2) is 5.02. The summed E-state index contributed by atoms with van der Waals surface area (Å²) in [6.45, 7) is 0. The molecule has 1 aromatic heterocycles. The molecule has 0 saturated heterocycles. The number of rotatable bonds is 2. The highest BCUT2D eigenvalue weighted by molar-refractivity contribution is 14.1. The number of hydrogen-bond acceptors (Lipinski definition) is 2. The monoisotopic (exact) mass is 385 g/mol. The minimum Gasteiger partial charge on any atom is -0.408 e. The zero-order valence-corrected chi connectivity index (χ0v) is 12.6. The third-order valence-corrected chi connectivity index (χ3v) is 4.12. The Bertz CT molecular complexity index is 776. The van der Waals surface area contributed by atoms with Gasteiger partial charge in [0.25, 0.3) is 0 Å². The van der Waals surface area contributed by atoms with Crippen LogP contribution in [0.4, 0.5) is 0 Å². The molecular weight excluding hydrogens is 377 g/mol. The first-order chi connectivity index (χ1) is 9.13. The van der Waals surface area contributed by atoms with E-state index in [4.69, 9.17) is 16.0 Å². The lowest BCUT2D eigenvalue weighted by Crippen LogP contribution is -1.93. The van der Waals surface area contributed by atoms with Crippen molar-refractivity contribution in [2.24, 2.45) is 0 Å². The third kappa shape index (κ3) is 2.55. The number of oxazole rings is 1. The summed E-state index contributed by atoms with van der Waals surface area (Å²) in [5.74, 6) is -0.451. The van der Waals surface area contributed by atoms with Crippen molar-refractivity contribution in [3.05, 3.63) is 67.7 Å². The van der Waals surface area contributed by atoms with Crippen LogP contribution >= 0.6 is 34.2 Å². The van der Waals surface area contributed by atoms with Crippen LogP contribution in [0.1, 0.15) is 16.5 Å². The molecule has 1 unspecified atom stereocenters. The van der Waals surface area contributed by atoms with E-state index in [1.165, 1.54) is 0 Å². The van der Waals surface area contributed by atoms with Crippen LogP contribution in [0.25, 0.3) is 11.1 Å². The molecule has 0 spiro atoms. The summed E-state index contributed by atoms with van der Waals surface area (Å²) in [5.41, 5.74) is 3.12. The summed E-state index contributed by atoms with van der Waals surface area (Å²) in [5, 5.41) is -0.262. The number of fused-ring (bicyclic) bond motifs is 1. The topological polar surface area (TPSA) is 46.0 Å². The lowest BCUT2D eigenvalue weighted by molar-refractivity contribution is 0.555. The van der Waals surface area contributed by atoms with E-state index in [1.807, 2.05) is 30.3 Å². The first-order valence-electron chi connectivity index (χ1n) is 5.66. The van der Waals surface area contributed by atoms with Crippen molar-refractivity contribution in [1.82, 2.24) is 4.98 Å². The van der Waals surface area contributed by atoms with E-state index >= 15 is 0 Å². The minimum atomic E-state index is -0.451. The van der Waals surface area contributed by atoms with Gasteiger partial charge in [0, 0.05) is 3.57 Å². The van der Waals surface area contributed by atoms with Crippen molar-refractivity contribution in [3.63, 3.8) is 0 Å². The number of H-pyrrole nitrogens is 1. The van der Waals surface area contributed by atoms with Gasteiger partial charge in [0.1, 0.15) is 0 Å². The SMILES string of the molecule is O=c1[nH]c2ccc(C(Cl)c3ccc(I)cc3)cc2o1. The number of aromatic nitrogens is 1. The van der Waals surface area contributed by atoms with Gasteiger partial charge in [-0.05, 0) is 58.0 Å². The fraction of sp³-hybridized carbons (Fsp3) is 0.0714. The van der Waals surface area contributed by atoms with Crippen molar-refractivity contribution >= 4 is 45.3 Å². The van der Waals surface area contributed by atoms with E-state index in [9.17, 15) is 4.79 Å². The predicted molar refractivity (Wildman–Crippen MR) is 83.7 cm³/mol. The van der Waals surface area contributed by atoms with Crippen LogP contribution in [0.3, 0.4) is 0 Å². The molecule has 0 aliphatic rings. The van der Waals surface area contributed by atoms with Crippen LogP contribution in [0.2, 0.25) is 0 Å². The third-order valence-electron chi connectivity index (χ3n) is 2.90. The Hall–Kier alpha value is -1.27. The number of halogens is 2. The summed E-state index contributed by atoms with van der Waals surface area (Å²) in [6.07, 6.45) is 0. The molecule has 96 valence electrons. The highest BCUT2D eigenvalue weighted by atomic mass is 127. The van der Waals surface area contributed by atoms with Gasteiger partial charge in [-0.3, -0.25) is 4.98 Å². The molecule has 0 radical (unpaired) electrons. The predicted octanol–water partition coefficient (Wildman–Crippen LogP) is 4.05. The van der Waals surface area contributed by atoms with Gasteiger partial charge in [0.2, 0.25) is 0 Å². The van der Waals surface area contributed by atoms with Crippen LogP contribution in [0, 0.1) is 3.57 Å². The van der Waals surface area contributed by atoms with Gasteiger partial charge in [-0.25, -0.2) is 4.79 Å². The van der Waals surface area contributed by atoms with Crippen molar-refractivity contribution < 1.29 is 4.42 Å². The van der Waals surface area contributed by atoms with Crippen molar-refractivity contribution in [2.75, 3.05) is 0 Å². The van der Waals surface area contributed by atoms with Crippen molar-refractivity contribution in [1.29, 1.82) is 0 Å². The Morgan fingerprint density at radius 3 is 2.53 bits per heavy atom. The van der Waals surface area contributed by atoms with E-state index in [-0.39, 0.29) is 5.38 Å². The molecule has 1 N–H and O–H groups in total. The lowest BCUT2D eigenvalue weighted by Gasteiger charge is -2.10. The van der Waals surface area contributed by atoms with E-state index in [0.29, 0.717) is 11.1 Å². The minimum absolute atomic E-state index is 0.262. The van der Waals surface area contributed by atoms with Gasteiger partial charge in [-0.15, -0.1) is 11.6 Å². The second-order valence-electron chi connectivity index (χ2n) is 4.18. The second-order valence-corrected chi connectivity index (χ2v) is 5.87. The van der Waals surface area contributed by atoms with E-state index in [0.717, 1.165) is 14.7 Å². The molecule has 5 heteroatoms. The van der Waals surface area contributed by atoms with Gasteiger partial charge in [-0.1, -0.05) is 18.2 Å². The maximum Gasteiger partial charge on any atom is 0.417 e. The molecule has 0 bridgehead atoms. The smallest absolute Gasteiger partial charge is 0.408 e. The standard InChI is InChI=1S/C14H9ClINO2/c15-13(8-1-4-10(16)5-2-8)9-3-6-11-12(7-9)19-14(18)17-11/h1-7,13H,(H,17,18). The van der Waals surface area contributed by atoms with Gasteiger partial charge < -0.3 is 4.42 Å². The molecule has 19 heavy (non-hydrogen) atoms. The maximum atomic E-state index is 11.1. The summed E-state index contributed by atoms with van der Waals surface area (Å²) in [6, 6.07) is 13.5. The first kappa shape index (κ1) is 12.7. The first-order valence-corrected chi connectivity index (χ1v) is 7.17. The molecule has 0 aliphatic carbocycles. The quantitative estimate of drug-likeness (QED) is 0.534. The molecule has 3 rings (SSSR count). The van der Waals surface area contributed by atoms with Crippen LogP contribution in [0.5, 0.6) is 0 Å². The summed E-state index contributed by atoms with van der Waals surface area (Å²) >= 11 is 8.71. The molecule has 0 aliphatic heterocycles.